The van der Waals surface area contributed by atoms with Gasteiger partial charge in [-0.15, -0.1) is 16.9 Å². The van der Waals surface area contributed by atoms with Crippen LogP contribution in [0.2, 0.25) is 0 Å². The molecule has 3 amide bonds. The molecule has 2 aliphatic heterocycles. The molecule has 0 radical (unpaired) electrons. The van der Waals surface area contributed by atoms with Crippen LogP contribution in [0.4, 0.5) is 0 Å². The van der Waals surface area contributed by atoms with E-state index in [9.17, 15) is 29.4 Å². The molecule has 2 aromatic rings. The lowest BCUT2D eigenvalue weighted by Crippen LogP contribution is -2.70. The summed E-state index contributed by atoms with van der Waals surface area (Å²) in [5.41, 5.74) is 5.93. The van der Waals surface area contributed by atoms with Gasteiger partial charge in [-0.05, 0) is 28.0 Å². The second-order valence-corrected chi connectivity index (χ2v) is 10.1. The van der Waals surface area contributed by atoms with Crippen molar-refractivity contribution in [3.8, 4) is 0 Å². The molecule has 1 fully saturated rings. The number of rotatable bonds is 11. The highest BCUT2D eigenvalue weighted by atomic mass is 32.2. The largest absolute Gasteiger partial charge is 0.477 e. The highest BCUT2D eigenvalue weighted by Gasteiger charge is 2.54. The molecule has 1 saturated heterocycles. The average molecular weight is 534 g/mol. The van der Waals surface area contributed by atoms with Crippen LogP contribution >= 0.6 is 23.5 Å². The summed E-state index contributed by atoms with van der Waals surface area (Å²) in [5, 5.41) is 34.0. The number of aliphatic carboxylic acids is 1. The minimum atomic E-state index is -1.45. The predicted molar refractivity (Wildman–Crippen MR) is 128 cm³/mol. The third-order valence-corrected chi connectivity index (χ3v) is 7.96. The number of carbonyl (C=O) groups excluding carboxylic acids is 3. The Morgan fingerprint density at radius 1 is 1.28 bits per heavy atom. The fraction of sp³-hybridized carbons (Fsp3) is 0.381. The first-order valence-electron chi connectivity index (χ1n) is 10.9. The number of aryl methyl sites for hydroxylation is 1. The molecule has 13 nitrogen and oxygen atoms in total. The van der Waals surface area contributed by atoms with Crippen LogP contribution in [-0.2, 0) is 25.7 Å². The van der Waals surface area contributed by atoms with Crippen LogP contribution in [0, 0.1) is 0 Å². The van der Waals surface area contributed by atoms with Crippen LogP contribution in [0.5, 0.6) is 0 Å². The minimum Gasteiger partial charge on any atom is -0.477 e. The summed E-state index contributed by atoms with van der Waals surface area (Å²) in [6.45, 7) is 0.376. The van der Waals surface area contributed by atoms with Gasteiger partial charge in [0, 0.05) is 24.5 Å². The Bertz CT molecular complexity index is 1200. The van der Waals surface area contributed by atoms with Gasteiger partial charge in [0.05, 0.1) is 0 Å². The van der Waals surface area contributed by atoms with Gasteiger partial charge in [-0.3, -0.25) is 19.3 Å². The molecule has 15 heteroatoms. The Labute approximate surface area is 213 Å². The number of tetrazole rings is 1. The van der Waals surface area contributed by atoms with Gasteiger partial charge in [-0.2, -0.15) is 0 Å². The number of amides is 3. The van der Waals surface area contributed by atoms with Crippen LogP contribution in [0.15, 0.2) is 46.8 Å². The van der Waals surface area contributed by atoms with E-state index in [1.807, 2.05) is 0 Å². The number of thioether (sulfide) groups is 2. The van der Waals surface area contributed by atoms with E-state index in [1.165, 1.54) is 33.1 Å². The van der Waals surface area contributed by atoms with Gasteiger partial charge in [0.25, 0.3) is 11.8 Å². The summed E-state index contributed by atoms with van der Waals surface area (Å²) in [7, 11) is 0. The maximum Gasteiger partial charge on any atom is 0.352 e. The second kappa shape index (κ2) is 11.1. The fourth-order valence-electron chi connectivity index (χ4n) is 3.81. The number of carboxylic acids is 1. The van der Waals surface area contributed by atoms with E-state index >= 15 is 0 Å². The Kier molecular flexibility index (Phi) is 7.91. The standard InChI is InChI=1S/C21H23N7O6S2/c22-13(29)7-4-8-27-21(24-25-26-27)36-10-12-9-35-19-14(18(32)28(19)15(12)20(33)34)23-17(31)16(30)11-5-2-1-3-6-11/h1-3,5-6,14,16,19,30H,4,7-10H2,(H2,22,29)(H,23,31)(H,33,34)/t14?,16-,19-/m1/s1. The van der Waals surface area contributed by atoms with Crippen molar-refractivity contribution < 1.29 is 29.4 Å². The van der Waals surface area contributed by atoms with Crippen LogP contribution in [0.25, 0.3) is 0 Å². The number of hydrogen-bond donors (Lipinski definition) is 4. The number of aliphatic hydroxyl groups is 1. The van der Waals surface area contributed by atoms with E-state index in [4.69, 9.17) is 5.73 Å². The average Bonchev–Trinajstić information content (AvgIpc) is 3.32. The van der Waals surface area contributed by atoms with Crippen molar-refractivity contribution in [1.82, 2.24) is 30.4 Å². The van der Waals surface area contributed by atoms with Crippen molar-refractivity contribution in [3.63, 3.8) is 0 Å². The summed E-state index contributed by atoms with van der Waals surface area (Å²) in [5.74, 6) is -2.42. The Balaban J connectivity index is 1.41. The third kappa shape index (κ3) is 5.37. The fourth-order valence-corrected chi connectivity index (χ4v) is 6.20. The van der Waals surface area contributed by atoms with Gasteiger partial charge in [-0.25, -0.2) is 9.48 Å². The molecule has 0 aliphatic carbocycles. The molecule has 5 N–H and O–H groups in total. The molecule has 190 valence electrons. The molecule has 3 atom stereocenters. The number of carboxylic acid groups (broad SMARTS) is 1. The number of aliphatic hydroxyl groups excluding tert-OH is 1. The maximum absolute atomic E-state index is 12.8. The molecule has 0 bridgehead atoms. The SMILES string of the molecule is NC(=O)CCCn1nnnc1SCC1=C(C(=O)O)N2C(=O)C(NC(=O)[C@H](O)c3ccccc3)[C@H]2SC1. The van der Waals surface area contributed by atoms with Crippen molar-refractivity contribution in [2.45, 2.75) is 42.1 Å². The molecular weight excluding hydrogens is 510 g/mol. The predicted octanol–water partition coefficient (Wildman–Crippen LogP) is -0.497. The number of β-lactam (4-membered cyclic amide) rings is 1. The lowest BCUT2D eigenvalue weighted by Gasteiger charge is -2.49. The summed E-state index contributed by atoms with van der Waals surface area (Å²) < 4.78 is 1.51. The van der Waals surface area contributed by atoms with Crippen molar-refractivity contribution in [2.75, 3.05) is 11.5 Å². The number of aromatic nitrogens is 4. The Hall–Kier alpha value is -3.43. The number of benzene rings is 1. The summed E-state index contributed by atoms with van der Waals surface area (Å²) in [6, 6.07) is 7.36. The van der Waals surface area contributed by atoms with Crippen molar-refractivity contribution in [2.24, 2.45) is 5.73 Å². The number of fused-ring (bicyclic) bond motifs is 1. The third-order valence-electron chi connectivity index (χ3n) is 5.58. The van der Waals surface area contributed by atoms with Crippen LogP contribution in [0.3, 0.4) is 0 Å². The molecule has 0 spiro atoms. The van der Waals surface area contributed by atoms with Gasteiger partial charge in [0.2, 0.25) is 11.1 Å². The highest BCUT2D eigenvalue weighted by molar-refractivity contribution is 8.01. The molecular formula is C21H23N7O6S2. The summed E-state index contributed by atoms with van der Waals surface area (Å²) in [4.78, 5) is 49.5. The van der Waals surface area contributed by atoms with Gasteiger partial charge in [0.1, 0.15) is 17.1 Å². The number of hydrogen-bond acceptors (Lipinski definition) is 10. The molecule has 0 saturated carbocycles. The van der Waals surface area contributed by atoms with E-state index in [2.05, 4.69) is 20.8 Å². The monoisotopic (exact) mass is 533 g/mol. The topological polar surface area (TPSA) is 194 Å². The summed E-state index contributed by atoms with van der Waals surface area (Å²) in [6.07, 6.45) is -0.798. The zero-order chi connectivity index (χ0) is 25.8. The van der Waals surface area contributed by atoms with E-state index in [1.54, 1.807) is 30.3 Å². The maximum atomic E-state index is 12.8. The number of nitrogens with two attached hydrogens (primary N) is 1. The van der Waals surface area contributed by atoms with Gasteiger partial charge in [0.15, 0.2) is 6.10 Å². The first kappa shape index (κ1) is 25.7. The molecule has 3 heterocycles. The minimum absolute atomic E-state index is 0.127. The first-order chi connectivity index (χ1) is 17.3. The van der Waals surface area contributed by atoms with Crippen molar-refractivity contribution in [3.05, 3.63) is 47.2 Å². The van der Waals surface area contributed by atoms with Crippen molar-refractivity contribution >= 4 is 47.2 Å². The smallest absolute Gasteiger partial charge is 0.352 e. The normalized spacial score (nSPS) is 19.9. The van der Waals surface area contributed by atoms with Gasteiger partial charge >= 0.3 is 5.97 Å². The Morgan fingerprint density at radius 3 is 2.72 bits per heavy atom. The number of nitrogens with zero attached hydrogens (tertiary/aromatic N) is 5. The Morgan fingerprint density at radius 2 is 2.03 bits per heavy atom. The van der Waals surface area contributed by atoms with Crippen molar-refractivity contribution in [1.29, 1.82) is 0 Å². The lowest BCUT2D eigenvalue weighted by molar-refractivity contribution is -0.151. The molecule has 36 heavy (non-hydrogen) atoms. The molecule has 2 aliphatic rings. The molecule has 1 aromatic heterocycles. The molecule has 4 rings (SSSR count). The van der Waals surface area contributed by atoms with Crippen LogP contribution < -0.4 is 11.1 Å². The van der Waals surface area contributed by atoms with E-state index < -0.39 is 41.2 Å². The van der Waals surface area contributed by atoms with Gasteiger partial charge < -0.3 is 21.3 Å². The number of primary amides is 1. The molecule has 1 aromatic carbocycles. The van der Waals surface area contributed by atoms with E-state index in [0.29, 0.717) is 35.0 Å². The highest BCUT2D eigenvalue weighted by Crippen LogP contribution is 2.41. The zero-order valence-corrected chi connectivity index (χ0v) is 20.4. The number of carbonyl (C=O) groups is 4. The quantitative estimate of drug-likeness (QED) is 0.215. The van der Waals surface area contributed by atoms with E-state index in [0.717, 1.165) is 0 Å². The van der Waals surface area contributed by atoms with Crippen LogP contribution in [-0.4, -0.2) is 81.9 Å². The van der Waals surface area contributed by atoms with Crippen LogP contribution in [0.1, 0.15) is 24.5 Å². The first-order valence-corrected chi connectivity index (χ1v) is 12.9. The van der Waals surface area contributed by atoms with E-state index in [-0.39, 0.29) is 17.9 Å². The zero-order valence-electron chi connectivity index (χ0n) is 18.8. The molecule has 1 unspecified atom stereocenters. The number of nitrogens with one attached hydrogen (secondary N) is 1. The van der Waals surface area contributed by atoms with Gasteiger partial charge in [-0.1, -0.05) is 42.1 Å². The lowest BCUT2D eigenvalue weighted by atomic mass is 10.0. The summed E-state index contributed by atoms with van der Waals surface area (Å²) >= 11 is 2.54. The second-order valence-electron chi connectivity index (χ2n) is 8.01.